The SMILES string of the molecule is Cc1ccc(-n2c(SCC(=O)c3ccc(NS(C)(=O)=O)cc3)nnc2-c2ccccc2F)cc1. The molecular weight excluding hydrogens is 475 g/mol. The van der Waals surface area contributed by atoms with Gasteiger partial charge in [0.05, 0.1) is 17.6 Å². The maximum absolute atomic E-state index is 14.5. The predicted molar refractivity (Wildman–Crippen MR) is 131 cm³/mol. The molecule has 3 aromatic carbocycles. The number of nitrogens with one attached hydrogen (secondary N) is 1. The van der Waals surface area contributed by atoms with E-state index in [1.807, 2.05) is 31.2 Å². The minimum atomic E-state index is -3.40. The topological polar surface area (TPSA) is 94.0 Å². The van der Waals surface area contributed by atoms with Crippen molar-refractivity contribution in [3.8, 4) is 17.1 Å². The molecule has 7 nitrogen and oxygen atoms in total. The highest BCUT2D eigenvalue weighted by atomic mass is 32.2. The van der Waals surface area contributed by atoms with Crippen molar-refractivity contribution in [3.63, 3.8) is 0 Å². The van der Waals surface area contributed by atoms with Crippen LogP contribution in [0.25, 0.3) is 17.1 Å². The first-order valence-electron chi connectivity index (χ1n) is 10.2. The Hall–Kier alpha value is -3.50. The highest BCUT2D eigenvalue weighted by Gasteiger charge is 2.20. The molecule has 0 amide bonds. The summed E-state index contributed by atoms with van der Waals surface area (Å²) in [5.74, 6) is -0.172. The minimum absolute atomic E-state index is 0.0696. The third-order valence-electron chi connectivity index (χ3n) is 4.88. The number of carbonyl (C=O) groups is 1. The van der Waals surface area contributed by atoms with Crippen molar-refractivity contribution in [2.45, 2.75) is 12.1 Å². The van der Waals surface area contributed by atoms with Gasteiger partial charge < -0.3 is 0 Å². The van der Waals surface area contributed by atoms with Crippen LogP contribution in [0.3, 0.4) is 0 Å². The molecule has 0 saturated heterocycles. The van der Waals surface area contributed by atoms with Gasteiger partial charge in [0.15, 0.2) is 16.8 Å². The predicted octanol–water partition coefficient (Wildman–Crippen LogP) is 4.73. The van der Waals surface area contributed by atoms with Gasteiger partial charge in [-0.3, -0.25) is 14.1 Å². The highest BCUT2D eigenvalue weighted by molar-refractivity contribution is 7.99. The van der Waals surface area contributed by atoms with Crippen molar-refractivity contribution in [1.29, 1.82) is 0 Å². The molecule has 4 aromatic rings. The van der Waals surface area contributed by atoms with Gasteiger partial charge in [-0.2, -0.15) is 0 Å². The van der Waals surface area contributed by atoms with Gasteiger partial charge in [-0.1, -0.05) is 41.6 Å². The Bertz CT molecular complexity index is 1430. The molecular formula is C24H21FN4O3S2. The minimum Gasteiger partial charge on any atom is -0.293 e. The molecule has 1 N–H and O–H groups in total. The molecule has 0 fully saturated rings. The number of sulfonamides is 1. The van der Waals surface area contributed by atoms with E-state index in [0.29, 0.717) is 27.8 Å². The fourth-order valence-electron chi connectivity index (χ4n) is 3.26. The lowest BCUT2D eigenvalue weighted by Crippen LogP contribution is -2.10. The van der Waals surface area contributed by atoms with Crippen LogP contribution in [0.5, 0.6) is 0 Å². The number of Topliss-reactive ketones (excluding diaryl/α,β-unsaturated/α-hetero) is 1. The van der Waals surface area contributed by atoms with Crippen molar-refractivity contribution < 1.29 is 17.6 Å². The molecule has 0 aliphatic rings. The van der Waals surface area contributed by atoms with Crippen molar-refractivity contribution >= 4 is 33.3 Å². The number of rotatable bonds is 8. The number of ketones is 1. The molecule has 1 heterocycles. The van der Waals surface area contributed by atoms with Crippen LogP contribution in [0.4, 0.5) is 10.1 Å². The molecule has 4 rings (SSSR count). The van der Waals surface area contributed by atoms with Gasteiger partial charge in [-0.05, 0) is 55.5 Å². The van der Waals surface area contributed by atoms with Crippen molar-refractivity contribution in [2.75, 3.05) is 16.7 Å². The second kappa shape index (κ2) is 9.78. The standard InChI is InChI=1S/C24H21FN4O3S2/c1-16-7-13-19(14-8-16)29-23(20-5-3-4-6-21(20)25)26-27-24(29)33-15-22(30)17-9-11-18(12-10-17)28-34(2,31)32/h3-14,28H,15H2,1-2H3. The van der Waals surface area contributed by atoms with Gasteiger partial charge in [0.25, 0.3) is 0 Å². The zero-order valence-corrected chi connectivity index (χ0v) is 20.0. The molecule has 1 aromatic heterocycles. The van der Waals surface area contributed by atoms with E-state index in [1.165, 1.54) is 30.0 Å². The summed E-state index contributed by atoms with van der Waals surface area (Å²) in [6.45, 7) is 1.97. The molecule has 0 aliphatic carbocycles. The van der Waals surface area contributed by atoms with Crippen LogP contribution in [-0.4, -0.2) is 41.0 Å². The van der Waals surface area contributed by atoms with Crippen molar-refractivity contribution in [2.24, 2.45) is 0 Å². The number of nitrogens with zero attached hydrogens (tertiary/aromatic N) is 3. The summed E-state index contributed by atoms with van der Waals surface area (Å²) < 4.78 is 41.3. The van der Waals surface area contributed by atoms with E-state index in [4.69, 9.17) is 0 Å². The van der Waals surface area contributed by atoms with Crippen LogP contribution >= 0.6 is 11.8 Å². The number of carbonyl (C=O) groups excluding carboxylic acids is 1. The van der Waals surface area contributed by atoms with Crippen LogP contribution in [0.15, 0.2) is 78.0 Å². The lowest BCUT2D eigenvalue weighted by Gasteiger charge is -2.11. The van der Waals surface area contributed by atoms with Crippen LogP contribution < -0.4 is 4.72 Å². The van der Waals surface area contributed by atoms with E-state index in [0.717, 1.165) is 17.5 Å². The van der Waals surface area contributed by atoms with Crippen molar-refractivity contribution in [1.82, 2.24) is 14.8 Å². The Balaban J connectivity index is 1.60. The molecule has 0 spiro atoms. The lowest BCUT2D eigenvalue weighted by molar-refractivity contribution is 0.102. The number of thioether (sulfide) groups is 1. The van der Waals surface area contributed by atoms with Crippen LogP contribution in [0.2, 0.25) is 0 Å². The number of aryl methyl sites for hydroxylation is 1. The third kappa shape index (κ3) is 5.52. The molecule has 0 radical (unpaired) electrons. The molecule has 0 aliphatic heterocycles. The Kier molecular flexibility index (Phi) is 6.80. The molecule has 10 heteroatoms. The third-order valence-corrected chi connectivity index (χ3v) is 6.42. The number of hydrogen-bond acceptors (Lipinski definition) is 6. The maximum Gasteiger partial charge on any atom is 0.229 e. The maximum atomic E-state index is 14.5. The Labute approximate surface area is 201 Å². The first-order valence-corrected chi connectivity index (χ1v) is 13.1. The van der Waals surface area contributed by atoms with Crippen LogP contribution in [0, 0.1) is 12.7 Å². The Morgan fingerprint density at radius 2 is 1.68 bits per heavy atom. The average molecular weight is 497 g/mol. The average Bonchev–Trinajstić information content (AvgIpc) is 3.21. The summed E-state index contributed by atoms with van der Waals surface area (Å²) in [5.41, 5.74) is 2.94. The molecule has 0 atom stereocenters. The largest absolute Gasteiger partial charge is 0.293 e. The first-order chi connectivity index (χ1) is 16.2. The summed E-state index contributed by atoms with van der Waals surface area (Å²) in [4.78, 5) is 12.8. The van der Waals surface area contributed by atoms with Gasteiger partial charge in [-0.25, -0.2) is 12.8 Å². The zero-order chi connectivity index (χ0) is 24.3. The fraction of sp³-hybridized carbons (Fsp3) is 0.125. The normalized spacial score (nSPS) is 11.4. The van der Waals surface area contributed by atoms with E-state index in [9.17, 15) is 17.6 Å². The monoisotopic (exact) mass is 496 g/mol. The van der Waals surface area contributed by atoms with Gasteiger partial charge in [0.1, 0.15) is 5.82 Å². The van der Waals surface area contributed by atoms with Gasteiger partial charge in [0, 0.05) is 16.9 Å². The summed E-state index contributed by atoms with van der Waals surface area (Å²) in [7, 11) is -3.40. The second-order valence-electron chi connectivity index (χ2n) is 7.62. The number of hydrogen-bond donors (Lipinski definition) is 1. The quantitative estimate of drug-likeness (QED) is 0.280. The number of halogens is 1. The van der Waals surface area contributed by atoms with Gasteiger partial charge in [-0.15, -0.1) is 10.2 Å². The van der Waals surface area contributed by atoms with Crippen LogP contribution in [0.1, 0.15) is 15.9 Å². The number of anilines is 1. The van der Waals surface area contributed by atoms with Crippen LogP contribution in [-0.2, 0) is 10.0 Å². The summed E-state index contributed by atoms with van der Waals surface area (Å²) in [6, 6.07) is 20.2. The van der Waals surface area contributed by atoms with Crippen molar-refractivity contribution in [3.05, 3.63) is 89.7 Å². The van der Waals surface area contributed by atoms with Gasteiger partial charge in [0.2, 0.25) is 10.0 Å². The summed E-state index contributed by atoms with van der Waals surface area (Å²) in [5, 5.41) is 8.90. The van der Waals surface area contributed by atoms with E-state index in [-0.39, 0.29) is 11.5 Å². The van der Waals surface area contributed by atoms with E-state index >= 15 is 0 Å². The Morgan fingerprint density at radius 3 is 2.32 bits per heavy atom. The highest BCUT2D eigenvalue weighted by Crippen LogP contribution is 2.30. The summed E-state index contributed by atoms with van der Waals surface area (Å²) in [6.07, 6.45) is 1.06. The number of benzene rings is 3. The second-order valence-corrected chi connectivity index (χ2v) is 10.3. The smallest absolute Gasteiger partial charge is 0.229 e. The number of aromatic nitrogens is 3. The zero-order valence-electron chi connectivity index (χ0n) is 18.4. The van der Waals surface area contributed by atoms with E-state index in [1.54, 1.807) is 34.9 Å². The van der Waals surface area contributed by atoms with E-state index < -0.39 is 15.8 Å². The molecule has 0 saturated carbocycles. The molecule has 34 heavy (non-hydrogen) atoms. The molecule has 174 valence electrons. The molecule has 0 unspecified atom stereocenters. The summed E-state index contributed by atoms with van der Waals surface area (Å²) >= 11 is 1.19. The lowest BCUT2D eigenvalue weighted by atomic mass is 10.1. The fourth-order valence-corrected chi connectivity index (χ4v) is 4.67. The van der Waals surface area contributed by atoms with E-state index in [2.05, 4.69) is 14.9 Å². The van der Waals surface area contributed by atoms with Gasteiger partial charge >= 0.3 is 0 Å². The molecule has 0 bridgehead atoms. The Morgan fingerprint density at radius 1 is 1.00 bits per heavy atom. The first kappa shape index (κ1) is 23.7.